The van der Waals surface area contributed by atoms with Crippen LogP contribution in [0.3, 0.4) is 0 Å². The van der Waals surface area contributed by atoms with Gasteiger partial charge >= 0.3 is 0 Å². The molecule has 2 rings (SSSR count). The first kappa shape index (κ1) is 13.1. The van der Waals surface area contributed by atoms with Crippen molar-refractivity contribution in [1.82, 2.24) is 9.55 Å². The van der Waals surface area contributed by atoms with Gasteiger partial charge < -0.3 is 14.6 Å². The Morgan fingerprint density at radius 2 is 2.39 bits per heavy atom. The summed E-state index contributed by atoms with van der Waals surface area (Å²) < 4.78 is 1.68. The standard InChI is InChI=1S/C13H21N3O2/c1-2-15-8-6-14-12(13(15)18)16-7-3-4-11(10-16)5-9-17/h6,8,11,17H,2-5,7,9-10H2,1H3. The third kappa shape index (κ3) is 2.72. The second kappa shape index (κ2) is 6.00. The second-order valence-corrected chi connectivity index (χ2v) is 4.81. The van der Waals surface area contributed by atoms with E-state index >= 15 is 0 Å². The molecule has 1 unspecified atom stereocenters. The third-order valence-electron chi connectivity index (χ3n) is 3.59. The molecule has 0 bridgehead atoms. The van der Waals surface area contributed by atoms with Crippen LogP contribution in [0, 0.1) is 5.92 Å². The average molecular weight is 251 g/mol. The van der Waals surface area contributed by atoms with Crippen molar-refractivity contribution in [2.24, 2.45) is 5.92 Å². The molecule has 0 aliphatic carbocycles. The van der Waals surface area contributed by atoms with Crippen LogP contribution in [0.1, 0.15) is 26.2 Å². The van der Waals surface area contributed by atoms with Gasteiger partial charge in [-0.05, 0) is 32.1 Å². The molecular weight excluding hydrogens is 230 g/mol. The second-order valence-electron chi connectivity index (χ2n) is 4.81. The molecule has 5 heteroatoms. The Morgan fingerprint density at radius 3 is 3.11 bits per heavy atom. The van der Waals surface area contributed by atoms with Gasteiger partial charge in [-0.1, -0.05) is 0 Å². The Labute approximate surface area is 107 Å². The first-order chi connectivity index (χ1) is 8.76. The fourth-order valence-electron chi connectivity index (χ4n) is 2.58. The molecule has 18 heavy (non-hydrogen) atoms. The Bertz CT molecular complexity index is 442. The van der Waals surface area contributed by atoms with Crippen molar-refractivity contribution >= 4 is 5.82 Å². The average Bonchev–Trinajstić information content (AvgIpc) is 2.40. The zero-order valence-corrected chi connectivity index (χ0v) is 10.9. The molecule has 100 valence electrons. The molecule has 0 amide bonds. The van der Waals surface area contributed by atoms with Crippen LogP contribution in [0.25, 0.3) is 0 Å². The fraction of sp³-hybridized carbons (Fsp3) is 0.692. The van der Waals surface area contributed by atoms with Crippen molar-refractivity contribution in [3.63, 3.8) is 0 Å². The first-order valence-corrected chi connectivity index (χ1v) is 6.67. The van der Waals surface area contributed by atoms with Gasteiger partial charge in [0.1, 0.15) is 0 Å². The van der Waals surface area contributed by atoms with E-state index in [1.165, 1.54) is 0 Å². The van der Waals surface area contributed by atoms with Crippen molar-refractivity contribution in [3.05, 3.63) is 22.7 Å². The molecule has 5 nitrogen and oxygen atoms in total. The smallest absolute Gasteiger partial charge is 0.293 e. The van der Waals surface area contributed by atoms with E-state index in [9.17, 15) is 4.79 Å². The highest BCUT2D eigenvalue weighted by Crippen LogP contribution is 2.21. The van der Waals surface area contributed by atoms with Crippen LogP contribution in [-0.4, -0.2) is 34.4 Å². The molecule has 1 aliphatic heterocycles. The summed E-state index contributed by atoms with van der Waals surface area (Å²) in [7, 11) is 0. The number of rotatable bonds is 4. The predicted octanol–water partition coefficient (Wildman–Crippen LogP) is 0.862. The fourth-order valence-corrected chi connectivity index (χ4v) is 2.58. The van der Waals surface area contributed by atoms with E-state index in [-0.39, 0.29) is 12.2 Å². The van der Waals surface area contributed by atoms with Crippen LogP contribution in [0.2, 0.25) is 0 Å². The summed E-state index contributed by atoms with van der Waals surface area (Å²) in [6.07, 6.45) is 6.42. The molecule has 1 atom stereocenters. The molecule has 1 fully saturated rings. The molecule has 1 saturated heterocycles. The van der Waals surface area contributed by atoms with Gasteiger partial charge in [0.15, 0.2) is 5.82 Å². The molecule has 1 aromatic rings. The van der Waals surface area contributed by atoms with Gasteiger partial charge in [0, 0.05) is 38.6 Å². The summed E-state index contributed by atoms with van der Waals surface area (Å²) in [5.41, 5.74) is -0.00958. The van der Waals surface area contributed by atoms with Crippen molar-refractivity contribution in [3.8, 4) is 0 Å². The van der Waals surface area contributed by atoms with E-state index in [0.717, 1.165) is 32.4 Å². The highest BCUT2D eigenvalue weighted by molar-refractivity contribution is 5.36. The summed E-state index contributed by atoms with van der Waals surface area (Å²) in [5.74, 6) is 1.03. The number of hydrogen-bond donors (Lipinski definition) is 1. The summed E-state index contributed by atoms with van der Waals surface area (Å²) in [5, 5.41) is 9.01. The zero-order valence-electron chi connectivity index (χ0n) is 10.9. The lowest BCUT2D eigenvalue weighted by Crippen LogP contribution is -2.40. The van der Waals surface area contributed by atoms with Crippen molar-refractivity contribution in [2.75, 3.05) is 24.6 Å². The Kier molecular flexibility index (Phi) is 4.36. The lowest BCUT2D eigenvalue weighted by atomic mass is 9.95. The van der Waals surface area contributed by atoms with Gasteiger partial charge in [-0.3, -0.25) is 4.79 Å². The minimum atomic E-state index is -0.00958. The highest BCUT2D eigenvalue weighted by Gasteiger charge is 2.22. The lowest BCUT2D eigenvalue weighted by molar-refractivity contribution is 0.244. The van der Waals surface area contributed by atoms with E-state index in [0.29, 0.717) is 18.3 Å². The van der Waals surface area contributed by atoms with Gasteiger partial charge in [-0.2, -0.15) is 0 Å². The summed E-state index contributed by atoms with van der Waals surface area (Å²) in [6, 6.07) is 0. The van der Waals surface area contributed by atoms with Crippen LogP contribution in [0.5, 0.6) is 0 Å². The SMILES string of the molecule is CCn1ccnc(N2CCCC(CCO)C2)c1=O. The lowest BCUT2D eigenvalue weighted by Gasteiger charge is -2.33. The molecule has 1 aromatic heterocycles. The summed E-state index contributed by atoms with van der Waals surface area (Å²) >= 11 is 0. The number of aliphatic hydroxyl groups is 1. The Hall–Kier alpha value is -1.36. The van der Waals surface area contributed by atoms with Gasteiger partial charge in [-0.25, -0.2) is 4.98 Å². The molecule has 0 saturated carbocycles. The van der Waals surface area contributed by atoms with E-state index in [1.807, 2.05) is 6.92 Å². The largest absolute Gasteiger partial charge is 0.396 e. The van der Waals surface area contributed by atoms with Gasteiger partial charge in [0.2, 0.25) is 0 Å². The highest BCUT2D eigenvalue weighted by atomic mass is 16.3. The van der Waals surface area contributed by atoms with E-state index in [2.05, 4.69) is 9.88 Å². The van der Waals surface area contributed by atoms with Gasteiger partial charge in [0.05, 0.1) is 0 Å². The minimum absolute atomic E-state index is 0.00958. The van der Waals surface area contributed by atoms with Gasteiger partial charge in [0.25, 0.3) is 5.56 Å². The number of hydrogen-bond acceptors (Lipinski definition) is 4. The summed E-state index contributed by atoms with van der Waals surface area (Å²) in [6.45, 7) is 4.56. The van der Waals surface area contributed by atoms with Crippen molar-refractivity contribution < 1.29 is 5.11 Å². The number of piperidine rings is 1. The minimum Gasteiger partial charge on any atom is -0.396 e. The Balaban J connectivity index is 2.18. The maximum atomic E-state index is 12.2. The third-order valence-corrected chi connectivity index (χ3v) is 3.59. The molecular formula is C13H21N3O2. The molecule has 1 N–H and O–H groups in total. The maximum Gasteiger partial charge on any atom is 0.293 e. The van der Waals surface area contributed by atoms with E-state index < -0.39 is 0 Å². The first-order valence-electron chi connectivity index (χ1n) is 6.67. The van der Waals surface area contributed by atoms with Crippen LogP contribution in [0.4, 0.5) is 5.82 Å². The monoisotopic (exact) mass is 251 g/mol. The van der Waals surface area contributed by atoms with Crippen molar-refractivity contribution in [2.45, 2.75) is 32.7 Å². The molecule has 1 aliphatic rings. The van der Waals surface area contributed by atoms with Crippen LogP contribution in [-0.2, 0) is 6.54 Å². The zero-order chi connectivity index (χ0) is 13.0. The number of anilines is 1. The van der Waals surface area contributed by atoms with Gasteiger partial charge in [-0.15, -0.1) is 0 Å². The molecule has 0 spiro atoms. The topological polar surface area (TPSA) is 58.4 Å². The van der Waals surface area contributed by atoms with Crippen LogP contribution >= 0.6 is 0 Å². The number of aromatic nitrogens is 2. The number of nitrogens with zero attached hydrogens (tertiary/aromatic N) is 3. The maximum absolute atomic E-state index is 12.2. The van der Waals surface area contributed by atoms with Crippen molar-refractivity contribution in [1.29, 1.82) is 0 Å². The number of aryl methyl sites for hydroxylation is 1. The van der Waals surface area contributed by atoms with E-state index in [4.69, 9.17) is 5.11 Å². The molecule has 0 radical (unpaired) electrons. The predicted molar refractivity (Wildman–Crippen MR) is 70.8 cm³/mol. The van der Waals surface area contributed by atoms with Crippen LogP contribution < -0.4 is 10.5 Å². The van der Waals surface area contributed by atoms with Crippen LogP contribution in [0.15, 0.2) is 17.2 Å². The quantitative estimate of drug-likeness (QED) is 0.862. The number of aliphatic hydroxyl groups excluding tert-OH is 1. The van der Waals surface area contributed by atoms with E-state index in [1.54, 1.807) is 17.0 Å². The normalized spacial score (nSPS) is 20.1. The molecule has 0 aromatic carbocycles. The Morgan fingerprint density at radius 1 is 1.56 bits per heavy atom. The summed E-state index contributed by atoms with van der Waals surface area (Å²) in [4.78, 5) is 18.5. The molecule has 2 heterocycles.